The second-order valence-corrected chi connectivity index (χ2v) is 22.3. The maximum atomic E-state index is 15.2. The molecule has 0 amide bonds. The zero-order valence-corrected chi connectivity index (χ0v) is 37.9. The number of phenols is 2. The molecule has 316 valence electrons. The average molecular weight is 831 g/mol. The molecule has 4 nitrogen and oxygen atoms in total. The van der Waals surface area contributed by atoms with Crippen LogP contribution in [0.2, 0.25) is 0 Å². The number of aromatic hydroxyl groups is 2. The second kappa shape index (κ2) is 15.6. The predicted molar refractivity (Wildman–Crippen MR) is 251 cm³/mol. The highest BCUT2D eigenvalue weighted by molar-refractivity contribution is 7.93. The summed E-state index contributed by atoms with van der Waals surface area (Å²) in [7, 11) is -3.61. The molecule has 0 aromatic heterocycles. The average Bonchev–Trinajstić information content (AvgIpc) is 3.50. The number of benzene rings is 6. The lowest BCUT2D eigenvalue weighted by molar-refractivity contribution is 0.425. The van der Waals surface area contributed by atoms with Gasteiger partial charge in [0.05, 0.1) is 10.5 Å². The lowest BCUT2D eigenvalue weighted by Crippen LogP contribution is -2.30. The molecule has 2 saturated heterocycles. The van der Waals surface area contributed by atoms with Gasteiger partial charge in [0.15, 0.2) is 9.84 Å². The van der Waals surface area contributed by atoms with Gasteiger partial charge in [-0.05, 0) is 59.1 Å². The van der Waals surface area contributed by atoms with Crippen LogP contribution in [0.15, 0.2) is 146 Å². The molecule has 2 heterocycles. The standard InChI is InChI=1S/C56H62O4S/c1-53(2,39-21-13-9-14-22-39)45-33-37(34-46(51(45)57)54(3,4)40-23-15-10-16-24-40)43-29-30-44(50-32-31-49(43)61(50,59)60)38-35-47(55(5,6)41-25-17-11-18-26-41)52(58)48(36-38)56(7,8)42-27-19-12-20-28-42/h9-28,33-36,43-44,49-50,57-58H,29-32H2,1-8H3. The topological polar surface area (TPSA) is 74.6 Å². The molecule has 2 aliphatic heterocycles. The molecule has 4 atom stereocenters. The van der Waals surface area contributed by atoms with Gasteiger partial charge in [0.2, 0.25) is 0 Å². The number of rotatable bonds is 10. The molecule has 0 aliphatic carbocycles. The fourth-order valence-corrected chi connectivity index (χ4v) is 13.8. The van der Waals surface area contributed by atoms with Gasteiger partial charge in [-0.2, -0.15) is 0 Å². The highest BCUT2D eigenvalue weighted by atomic mass is 32.2. The van der Waals surface area contributed by atoms with E-state index in [1.165, 1.54) is 0 Å². The summed E-state index contributed by atoms with van der Waals surface area (Å²) in [6, 6.07) is 49.7. The van der Waals surface area contributed by atoms with Crippen molar-refractivity contribution in [3.05, 3.63) is 201 Å². The van der Waals surface area contributed by atoms with E-state index in [4.69, 9.17) is 0 Å². The molecule has 5 heteroatoms. The number of phenolic OH excluding ortho intramolecular Hbond substituents is 2. The van der Waals surface area contributed by atoms with Crippen LogP contribution in [0.3, 0.4) is 0 Å². The fraction of sp³-hybridized carbons (Fsp3) is 0.357. The summed E-state index contributed by atoms with van der Waals surface area (Å²) in [6.45, 7) is 17.2. The number of sulfone groups is 1. The molecule has 2 N–H and O–H groups in total. The molecule has 8 rings (SSSR count). The fourth-order valence-electron chi connectivity index (χ4n) is 10.9. The largest absolute Gasteiger partial charge is 0.507 e. The minimum Gasteiger partial charge on any atom is -0.507 e. The van der Waals surface area contributed by atoms with Crippen molar-refractivity contribution < 1.29 is 18.6 Å². The van der Waals surface area contributed by atoms with Gasteiger partial charge in [0, 0.05) is 55.7 Å². The van der Waals surface area contributed by atoms with Crippen LogP contribution in [0.25, 0.3) is 0 Å². The van der Waals surface area contributed by atoms with E-state index in [0.717, 1.165) is 55.6 Å². The summed E-state index contributed by atoms with van der Waals surface area (Å²) in [4.78, 5) is 0. The molecule has 6 aromatic carbocycles. The van der Waals surface area contributed by atoms with E-state index in [1.54, 1.807) is 0 Å². The Morgan fingerprint density at radius 1 is 0.393 bits per heavy atom. The first-order valence-electron chi connectivity index (χ1n) is 22.1. The maximum Gasteiger partial charge on any atom is 0.157 e. The van der Waals surface area contributed by atoms with Crippen molar-refractivity contribution in [3.63, 3.8) is 0 Å². The van der Waals surface area contributed by atoms with E-state index < -0.39 is 42.0 Å². The summed E-state index contributed by atoms with van der Waals surface area (Å²) in [5.41, 5.74) is 7.24. The Labute approximate surface area is 364 Å². The van der Waals surface area contributed by atoms with Crippen LogP contribution in [-0.2, 0) is 31.5 Å². The van der Waals surface area contributed by atoms with Crippen LogP contribution in [0.5, 0.6) is 11.5 Å². The van der Waals surface area contributed by atoms with Crippen molar-refractivity contribution in [1.82, 2.24) is 0 Å². The summed E-state index contributed by atoms with van der Waals surface area (Å²) in [5, 5.41) is 23.8. The zero-order chi connectivity index (χ0) is 43.5. The molecule has 2 fully saturated rings. The third-order valence-corrected chi connectivity index (χ3v) is 17.9. The lowest BCUT2D eigenvalue weighted by Gasteiger charge is -2.35. The zero-order valence-electron chi connectivity index (χ0n) is 37.1. The third kappa shape index (κ3) is 7.31. The minimum absolute atomic E-state index is 0.256. The first kappa shape index (κ1) is 42.6. The predicted octanol–water partition coefficient (Wildman–Crippen LogP) is 13.0. The number of hydrogen-bond acceptors (Lipinski definition) is 4. The molecular formula is C56H62O4S. The third-order valence-electron chi connectivity index (χ3n) is 15.1. The first-order chi connectivity index (χ1) is 28.9. The van der Waals surface area contributed by atoms with Crippen molar-refractivity contribution in [1.29, 1.82) is 0 Å². The van der Waals surface area contributed by atoms with E-state index in [2.05, 4.69) is 128 Å². The van der Waals surface area contributed by atoms with Crippen molar-refractivity contribution in [2.45, 2.75) is 125 Å². The van der Waals surface area contributed by atoms with E-state index >= 15 is 8.42 Å². The van der Waals surface area contributed by atoms with Crippen LogP contribution >= 0.6 is 0 Å². The van der Waals surface area contributed by atoms with E-state index in [9.17, 15) is 10.2 Å². The highest BCUT2D eigenvalue weighted by Crippen LogP contribution is 2.54. The maximum absolute atomic E-state index is 15.2. The first-order valence-corrected chi connectivity index (χ1v) is 23.7. The molecule has 0 spiro atoms. The Kier molecular flexibility index (Phi) is 10.9. The SMILES string of the molecule is CC(C)(c1ccccc1)c1cc(C2CCC(c3cc(C(C)(C)c4ccccc4)c(O)c(C(C)(C)c4ccccc4)c3)C3CCC2S3(=O)=O)cc(C(C)(C)c2ccccc2)c1O. The molecule has 4 unspecified atom stereocenters. The van der Waals surface area contributed by atoms with Gasteiger partial charge in [-0.15, -0.1) is 0 Å². The van der Waals surface area contributed by atoms with Crippen LogP contribution < -0.4 is 0 Å². The summed E-state index contributed by atoms with van der Waals surface area (Å²) in [6.07, 6.45) is 2.54. The molecule has 61 heavy (non-hydrogen) atoms. The van der Waals surface area contributed by atoms with Crippen molar-refractivity contribution in [3.8, 4) is 11.5 Å². The van der Waals surface area contributed by atoms with Crippen molar-refractivity contribution in [2.24, 2.45) is 0 Å². The van der Waals surface area contributed by atoms with Gasteiger partial charge < -0.3 is 10.2 Å². The van der Waals surface area contributed by atoms with Gasteiger partial charge in [-0.3, -0.25) is 0 Å². The molecule has 2 aliphatic rings. The summed E-state index contributed by atoms with van der Waals surface area (Å²) in [5.74, 6) is 0.00953. The smallest absolute Gasteiger partial charge is 0.157 e. The number of hydrogen-bond donors (Lipinski definition) is 2. The van der Waals surface area contributed by atoms with Gasteiger partial charge in [0.25, 0.3) is 0 Å². The monoisotopic (exact) mass is 830 g/mol. The molecular weight excluding hydrogens is 769 g/mol. The summed E-state index contributed by atoms with van der Waals surface area (Å²) < 4.78 is 30.4. The van der Waals surface area contributed by atoms with Crippen LogP contribution in [-0.4, -0.2) is 29.1 Å². The second-order valence-electron chi connectivity index (χ2n) is 19.9. The normalized spacial score (nSPS) is 20.6. The van der Waals surface area contributed by atoms with Crippen molar-refractivity contribution in [2.75, 3.05) is 0 Å². The highest BCUT2D eigenvalue weighted by Gasteiger charge is 2.52. The van der Waals surface area contributed by atoms with Gasteiger partial charge in [0.1, 0.15) is 11.5 Å². The van der Waals surface area contributed by atoms with Gasteiger partial charge in [-0.1, -0.05) is 201 Å². The Morgan fingerprint density at radius 2 is 0.623 bits per heavy atom. The molecule has 6 aromatic rings. The Morgan fingerprint density at radius 3 is 0.852 bits per heavy atom. The minimum atomic E-state index is -3.61. The Bertz CT molecular complexity index is 2300. The Hall–Kier alpha value is -5.13. The van der Waals surface area contributed by atoms with Crippen LogP contribution in [0.4, 0.5) is 0 Å². The summed E-state index contributed by atoms with van der Waals surface area (Å²) >= 11 is 0. The molecule has 0 radical (unpaired) electrons. The van der Waals surface area contributed by atoms with Crippen molar-refractivity contribution >= 4 is 9.84 Å². The Balaban J connectivity index is 1.29. The van der Waals surface area contributed by atoms with E-state index in [0.29, 0.717) is 25.7 Å². The molecule has 2 bridgehead atoms. The number of fused-ring (bicyclic) bond motifs is 2. The van der Waals surface area contributed by atoms with Gasteiger partial charge >= 0.3 is 0 Å². The quantitative estimate of drug-likeness (QED) is 0.144. The van der Waals surface area contributed by atoms with E-state index in [-0.39, 0.29) is 23.3 Å². The molecule has 0 saturated carbocycles. The lowest BCUT2D eigenvalue weighted by atomic mass is 9.69. The van der Waals surface area contributed by atoms with Gasteiger partial charge in [-0.25, -0.2) is 8.42 Å². The van der Waals surface area contributed by atoms with Crippen LogP contribution in [0.1, 0.15) is 149 Å². The van der Waals surface area contributed by atoms with Crippen LogP contribution in [0, 0.1) is 0 Å². The van der Waals surface area contributed by atoms with E-state index in [1.807, 2.05) is 72.8 Å².